The Kier molecular flexibility index (Phi) is 6.21. The highest BCUT2D eigenvalue weighted by atomic mass is 35.5. The summed E-state index contributed by atoms with van der Waals surface area (Å²) < 4.78 is 14.0. The molecule has 0 aromatic heterocycles. The summed E-state index contributed by atoms with van der Waals surface area (Å²) in [5.41, 5.74) is 1.81. The molecule has 1 unspecified atom stereocenters. The fourth-order valence-corrected chi connectivity index (χ4v) is 2.70. The Morgan fingerprint density at radius 1 is 1.10 bits per heavy atom. The van der Waals surface area contributed by atoms with Gasteiger partial charge in [0.1, 0.15) is 5.82 Å². The van der Waals surface area contributed by atoms with E-state index in [2.05, 4.69) is 24.4 Å². The summed E-state index contributed by atoms with van der Waals surface area (Å²) in [6, 6.07) is 15.1. The first-order valence-corrected chi connectivity index (χ1v) is 7.78. The van der Waals surface area contributed by atoms with Crippen molar-refractivity contribution in [1.82, 2.24) is 5.32 Å². The molecule has 3 heteroatoms. The molecule has 0 bridgehead atoms. The Bertz CT molecular complexity index is 536. The standard InChI is InChI=1S/C18H21ClFN/c1-2-11-21-13-15(14-7-4-3-5-8-14)12-16-17(19)9-6-10-18(16)20/h3-10,15,21H,2,11-13H2,1H3. The molecule has 1 N–H and O–H groups in total. The van der Waals surface area contributed by atoms with E-state index in [4.69, 9.17) is 11.6 Å². The third kappa shape index (κ3) is 4.55. The minimum absolute atomic E-state index is 0.215. The highest BCUT2D eigenvalue weighted by molar-refractivity contribution is 6.31. The summed E-state index contributed by atoms with van der Waals surface area (Å²) in [7, 11) is 0. The van der Waals surface area contributed by atoms with E-state index in [-0.39, 0.29) is 11.7 Å². The molecule has 2 aromatic rings. The van der Waals surface area contributed by atoms with Crippen molar-refractivity contribution in [3.05, 3.63) is 70.5 Å². The Balaban J connectivity index is 2.19. The third-order valence-electron chi connectivity index (χ3n) is 3.60. The van der Waals surface area contributed by atoms with Gasteiger partial charge in [0.15, 0.2) is 0 Å². The summed E-state index contributed by atoms with van der Waals surface area (Å²) in [6.45, 7) is 3.93. The van der Waals surface area contributed by atoms with Crippen LogP contribution in [-0.2, 0) is 6.42 Å². The average molecular weight is 306 g/mol. The van der Waals surface area contributed by atoms with E-state index in [9.17, 15) is 4.39 Å². The topological polar surface area (TPSA) is 12.0 Å². The van der Waals surface area contributed by atoms with Gasteiger partial charge in [-0.05, 0) is 37.1 Å². The Labute approximate surface area is 131 Å². The van der Waals surface area contributed by atoms with Crippen LogP contribution in [0.2, 0.25) is 5.02 Å². The van der Waals surface area contributed by atoms with Gasteiger partial charge in [-0.25, -0.2) is 4.39 Å². The molecule has 0 fully saturated rings. The van der Waals surface area contributed by atoms with E-state index in [1.165, 1.54) is 11.6 Å². The second-order valence-electron chi connectivity index (χ2n) is 5.22. The van der Waals surface area contributed by atoms with Crippen molar-refractivity contribution in [1.29, 1.82) is 0 Å². The second-order valence-corrected chi connectivity index (χ2v) is 5.62. The zero-order valence-corrected chi connectivity index (χ0v) is 13.0. The lowest BCUT2D eigenvalue weighted by molar-refractivity contribution is 0.553. The third-order valence-corrected chi connectivity index (χ3v) is 3.95. The van der Waals surface area contributed by atoms with Crippen LogP contribution >= 0.6 is 11.6 Å². The number of hydrogen-bond acceptors (Lipinski definition) is 1. The molecule has 112 valence electrons. The SMILES string of the molecule is CCCNCC(Cc1c(F)cccc1Cl)c1ccccc1. The maximum absolute atomic E-state index is 14.0. The summed E-state index contributed by atoms with van der Waals surface area (Å²) >= 11 is 6.16. The second kappa shape index (κ2) is 8.16. The maximum Gasteiger partial charge on any atom is 0.127 e. The van der Waals surface area contributed by atoms with Crippen LogP contribution in [0.4, 0.5) is 4.39 Å². The Morgan fingerprint density at radius 3 is 2.52 bits per heavy atom. The number of nitrogens with one attached hydrogen (secondary N) is 1. The lowest BCUT2D eigenvalue weighted by atomic mass is 9.91. The lowest BCUT2D eigenvalue weighted by Gasteiger charge is -2.19. The lowest BCUT2D eigenvalue weighted by Crippen LogP contribution is -2.24. The Hall–Kier alpha value is -1.38. The van der Waals surface area contributed by atoms with E-state index >= 15 is 0 Å². The number of hydrogen-bond donors (Lipinski definition) is 1. The van der Waals surface area contributed by atoms with Gasteiger partial charge in [0, 0.05) is 23.0 Å². The van der Waals surface area contributed by atoms with Gasteiger partial charge >= 0.3 is 0 Å². The molecule has 1 atom stereocenters. The monoisotopic (exact) mass is 305 g/mol. The van der Waals surface area contributed by atoms with Crippen LogP contribution in [0.3, 0.4) is 0 Å². The van der Waals surface area contributed by atoms with Gasteiger partial charge in [0.2, 0.25) is 0 Å². The van der Waals surface area contributed by atoms with E-state index < -0.39 is 0 Å². The van der Waals surface area contributed by atoms with E-state index in [1.54, 1.807) is 12.1 Å². The van der Waals surface area contributed by atoms with Crippen LogP contribution in [0.5, 0.6) is 0 Å². The number of benzene rings is 2. The molecule has 0 aliphatic heterocycles. The smallest absolute Gasteiger partial charge is 0.127 e. The van der Waals surface area contributed by atoms with Gasteiger partial charge in [0.25, 0.3) is 0 Å². The van der Waals surface area contributed by atoms with E-state index in [0.29, 0.717) is 17.0 Å². The van der Waals surface area contributed by atoms with Crippen LogP contribution in [0.1, 0.15) is 30.4 Å². The van der Waals surface area contributed by atoms with Gasteiger partial charge in [-0.1, -0.05) is 54.9 Å². The minimum atomic E-state index is -0.223. The number of rotatable bonds is 7. The summed E-state index contributed by atoms with van der Waals surface area (Å²) in [4.78, 5) is 0. The summed E-state index contributed by atoms with van der Waals surface area (Å²) in [6.07, 6.45) is 1.69. The van der Waals surface area contributed by atoms with Gasteiger partial charge in [-0.3, -0.25) is 0 Å². The molecule has 1 nitrogen and oxygen atoms in total. The minimum Gasteiger partial charge on any atom is -0.316 e. The van der Waals surface area contributed by atoms with Gasteiger partial charge in [-0.15, -0.1) is 0 Å². The van der Waals surface area contributed by atoms with Crippen molar-refractivity contribution in [3.63, 3.8) is 0 Å². The molecule has 2 aromatic carbocycles. The molecule has 0 radical (unpaired) electrons. The average Bonchev–Trinajstić information content (AvgIpc) is 2.50. The van der Waals surface area contributed by atoms with Crippen LogP contribution < -0.4 is 5.32 Å². The molecule has 21 heavy (non-hydrogen) atoms. The normalized spacial score (nSPS) is 12.3. The van der Waals surface area contributed by atoms with Crippen LogP contribution in [-0.4, -0.2) is 13.1 Å². The van der Waals surface area contributed by atoms with Crippen molar-refractivity contribution >= 4 is 11.6 Å². The molecule has 0 saturated heterocycles. The summed E-state index contributed by atoms with van der Waals surface area (Å²) in [5.74, 6) is -0.00827. The van der Waals surface area contributed by atoms with Crippen LogP contribution in [0.25, 0.3) is 0 Å². The van der Waals surface area contributed by atoms with Crippen molar-refractivity contribution in [2.45, 2.75) is 25.7 Å². The van der Waals surface area contributed by atoms with E-state index in [1.807, 2.05) is 18.2 Å². The number of halogens is 2. The van der Waals surface area contributed by atoms with Gasteiger partial charge in [0.05, 0.1) is 0 Å². The highest BCUT2D eigenvalue weighted by Gasteiger charge is 2.16. The van der Waals surface area contributed by atoms with Crippen LogP contribution in [0, 0.1) is 5.82 Å². The molecule has 2 rings (SSSR count). The molecule has 0 saturated carbocycles. The first kappa shape index (κ1) is 16.0. The Morgan fingerprint density at radius 2 is 1.86 bits per heavy atom. The van der Waals surface area contributed by atoms with Crippen molar-refractivity contribution in [2.75, 3.05) is 13.1 Å². The molecular formula is C18H21ClFN. The predicted octanol–water partition coefficient (Wildman–Crippen LogP) is 4.81. The van der Waals surface area contributed by atoms with Crippen LogP contribution in [0.15, 0.2) is 48.5 Å². The highest BCUT2D eigenvalue weighted by Crippen LogP contribution is 2.27. The molecule has 0 spiro atoms. The first-order chi connectivity index (χ1) is 10.2. The van der Waals surface area contributed by atoms with Crippen molar-refractivity contribution < 1.29 is 4.39 Å². The predicted molar refractivity (Wildman–Crippen MR) is 87.5 cm³/mol. The molecule has 0 heterocycles. The zero-order chi connectivity index (χ0) is 15.1. The molecular weight excluding hydrogens is 285 g/mol. The van der Waals surface area contributed by atoms with Crippen molar-refractivity contribution in [2.24, 2.45) is 0 Å². The van der Waals surface area contributed by atoms with Gasteiger partial charge in [-0.2, -0.15) is 0 Å². The zero-order valence-electron chi connectivity index (χ0n) is 12.3. The molecule has 0 aliphatic rings. The quantitative estimate of drug-likeness (QED) is 0.724. The van der Waals surface area contributed by atoms with E-state index in [0.717, 1.165) is 19.5 Å². The molecule has 0 aliphatic carbocycles. The van der Waals surface area contributed by atoms with Crippen molar-refractivity contribution in [3.8, 4) is 0 Å². The first-order valence-electron chi connectivity index (χ1n) is 7.41. The van der Waals surface area contributed by atoms with Gasteiger partial charge < -0.3 is 5.32 Å². The maximum atomic E-state index is 14.0. The summed E-state index contributed by atoms with van der Waals surface area (Å²) in [5, 5.41) is 3.93. The fraction of sp³-hybridized carbons (Fsp3) is 0.333. The largest absolute Gasteiger partial charge is 0.316 e. The molecule has 0 amide bonds. The fourth-order valence-electron chi connectivity index (χ4n) is 2.46.